The molecule has 0 aromatic rings. The van der Waals surface area contributed by atoms with Gasteiger partial charge in [0.15, 0.2) is 6.10 Å². The molecule has 1 nitrogen and oxygen atoms in total. The third-order valence-electron chi connectivity index (χ3n) is 0.993. The van der Waals surface area contributed by atoms with Crippen molar-refractivity contribution >= 4 is 0 Å². The van der Waals surface area contributed by atoms with Gasteiger partial charge in [0, 0.05) is 0 Å². The summed E-state index contributed by atoms with van der Waals surface area (Å²) in [7, 11) is 0. The Morgan fingerprint density at radius 3 is 1.75 bits per heavy atom. The number of hydrogen-bond donors (Lipinski definition) is 0. The van der Waals surface area contributed by atoms with E-state index in [1.165, 1.54) is 0 Å². The van der Waals surface area contributed by atoms with Crippen LogP contribution in [0.5, 0.6) is 0 Å². The van der Waals surface area contributed by atoms with Gasteiger partial charge in [-0.2, -0.15) is 13.2 Å². The Bertz CT molecular complexity index is 132. The second-order valence-corrected chi connectivity index (χ2v) is 2.01. The lowest BCUT2D eigenvalue weighted by Crippen LogP contribution is -2.33. The minimum absolute atomic E-state index is 0.453. The lowest BCUT2D eigenvalue weighted by atomic mass is 10.4. The molecule has 0 fully saturated rings. The highest BCUT2D eigenvalue weighted by Crippen LogP contribution is 2.24. The van der Waals surface area contributed by atoms with E-state index in [-0.39, 0.29) is 0 Å². The van der Waals surface area contributed by atoms with E-state index in [1.807, 2.05) is 0 Å². The Labute approximate surface area is 64.3 Å². The van der Waals surface area contributed by atoms with Crippen molar-refractivity contribution in [3.63, 3.8) is 0 Å². The van der Waals surface area contributed by atoms with Gasteiger partial charge in [0.05, 0.1) is 0 Å². The van der Waals surface area contributed by atoms with Crippen LogP contribution >= 0.6 is 0 Å². The molecule has 0 heterocycles. The number of halogens is 6. The third-order valence-corrected chi connectivity index (χ3v) is 0.993. The summed E-state index contributed by atoms with van der Waals surface area (Å²) in [6, 6.07) is 0. The molecule has 0 saturated heterocycles. The predicted molar refractivity (Wildman–Crippen MR) is 27.5 cm³/mol. The van der Waals surface area contributed by atoms with Crippen LogP contribution in [-0.2, 0) is 4.74 Å². The molecule has 0 radical (unpaired) electrons. The fraction of sp³-hybridized carbons (Fsp3) is 1.00. The van der Waals surface area contributed by atoms with Crippen LogP contribution in [0.25, 0.3) is 0 Å². The Balaban J connectivity index is 3.93. The van der Waals surface area contributed by atoms with Gasteiger partial charge in [0.2, 0.25) is 0 Å². The van der Waals surface area contributed by atoms with Crippen LogP contribution in [-0.4, -0.2) is 25.1 Å². The highest BCUT2D eigenvalue weighted by atomic mass is 19.4. The van der Waals surface area contributed by atoms with Crippen LogP contribution in [0.15, 0.2) is 0 Å². The zero-order valence-corrected chi connectivity index (χ0v) is 5.91. The maximum Gasteiger partial charge on any atom is 0.414 e. The van der Waals surface area contributed by atoms with E-state index in [9.17, 15) is 26.3 Å². The van der Waals surface area contributed by atoms with Crippen LogP contribution in [0.1, 0.15) is 6.92 Å². The number of alkyl halides is 6. The Hall–Kier alpha value is -0.460. The molecular weight excluding hydrogens is 190 g/mol. The Kier molecular flexibility index (Phi) is 3.82. The number of hydrogen-bond acceptors (Lipinski definition) is 1. The highest BCUT2D eigenvalue weighted by molar-refractivity contribution is 4.62. The quantitative estimate of drug-likeness (QED) is 0.630. The average molecular weight is 196 g/mol. The van der Waals surface area contributed by atoms with Crippen molar-refractivity contribution in [2.45, 2.75) is 32.0 Å². The van der Waals surface area contributed by atoms with Crippen molar-refractivity contribution in [2.24, 2.45) is 0 Å². The first-order chi connectivity index (χ1) is 5.25. The van der Waals surface area contributed by atoms with Crippen molar-refractivity contribution in [1.29, 1.82) is 0 Å². The van der Waals surface area contributed by atoms with Crippen LogP contribution in [0.2, 0.25) is 0 Å². The summed E-state index contributed by atoms with van der Waals surface area (Å²) in [5, 5.41) is 0. The highest BCUT2D eigenvalue weighted by Gasteiger charge is 2.40. The van der Waals surface area contributed by atoms with Crippen LogP contribution < -0.4 is 0 Å². The second-order valence-electron chi connectivity index (χ2n) is 2.01. The van der Waals surface area contributed by atoms with Crippen LogP contribution in [0, 0.1) is 0 Å². The molecule has 0 bridgehead atoms. The summed E-state index contributed by atoms with van der Waals surface area (Å²) < 4.78 is 72.4. The molecule has 0 saturated carbocycles. The number of ether oxygens (including phenoxy) is 1. The van der Waals surface area contributed by atoms with Gasteiger partial charge >= 0.3 is 6.18 Å². The molecule has 0 aromatic carbocycles. The Morgan fingerprint density at radius 1 is 1.08 bits per heavy atom. The fourth-order valence-corrected chi connectivity index (χ4v) is 0.332. The second kappa shape index (κ2) is 3.97. The standard InChI is InChI=1S/C5H6F6O/c1-2(5(9,10)11)12-4(8)3(6)7/h2-4H,1H3. The van der Waals surface area contributed by atoms with Crippen LogP contribution in [0.3, 0.4) is 0 Å². The van der Waals surface area contributed by atoms with Crippen molar-refractivity contribution < 1.29 is 31.1 Å². The largest absolute Gasteiger partial charge is 0.414 e. The summed E-state index contributed by atoms with van der Waals surface area (Å²) in [5.41, 5.74) is 0. The van der Waals surface area contributed by atoms with E-state index >= 15 is 0 Å². The topological polar surface area (TPSA) is 9.23 Å². The molecule has 2 atom stereocenters. The smallest absolute Gasteiger partial charge is 0.331 e. The van der Waals surface area contributed by atoms with Crippen molar-refractivity contribution in [2.75, 3.05) is 0 Å². The molecule has 12 heavy (non-hydrogen) atoms. The molecular formula is C5H6F6O. The van der Waals surface area contributed by atoms with Gasteiger partial charge in [0.25, 0.3) is 12.8 Å². The lowest BCUT2D eigenvalue weighted by molar-refractivity contribution is -0.260. The maximum atomic E-state index is 11.8. The van der Waals surface area contributed by atoms with E-state index in [4.69, 9.17) is 0 Å². The van der Waals surface area contributed by atoms with Gasteiger partial charge in [-0.25, -0.2) is 13.2 Å². The molecule has 0 spiro atoms. The first-order valence-electron chi connectivity index (χ1n) is 2.89. The molecule has 0 amide bonds. The molecule has 0 rings (SSSR count). The summed E-state index contributed by atoms with van der Waals surface area (Å²) in [5.74, 6) is 0. The summed E-state index contributed by atoms with van der Waals surface area (Å²) >= 11 is 0. The SMILES string of the molecule is CC(OC(F)C(F)F)C(F)(F)F. The van der Waals surface area contributed by atoms with Crippen molar-refractivity contribution in [3.05, 3.63) is 0 Å². The predicted octanol–water partition coefficient (Wildman–Crippen LogP) is 2.51. The Morgan fingerprint density at radius 2 is 1.50 bits per heavy atom. The number of rotatable bonds is 3. The fourth-order valence-electron chi connectivity index (χ4n) is 0.332. The summed E-state index contributed by atoms with van der Waals surface area (Å²) in [4.78, 5) is 0. The van der Waals surface area contributed by atoms with Crippen molar-refractivity contribution in [1.82, 2.24) is 0 Å². The van der Waals surface area contributed by atoms with E-state index in [1.54, 1.807) is 0 Å². The van der Waals surface area contributed by atoms with E-state index < -0.39 is 25.1 Å². The minimum atomic E-state index is -4.82. The summed E-state index contributed by atoms with van der Waals surface area (Å²) in [6.45, 7) is 0.453. The molecule has 0 aliphatic heterocycles. The van der Waals surface area contributed by atoms with Gasteiger partial charge in [-0.15, -0.1) is 0 Å². The van der Waals surface area contributed by atoms with E-state index in [0.717, 1.165) is 0 Å². The molecule has 0 N–H and O–H groups in total. The van der Waals surface area contributed by atoms with Gasteiger partial charge in [0.1, 0.15) is 0 Å². The maximum absolute atomic E-state index is 11.8. The molecule has 7 heteroatoms. The van der Waals surface area contributed by atoms with Gasteiger partial charge in [-0.05, 0) is 6.92 Å². The third kappa shape index (κ3) is 3.80. The lowest BCUT2D eigenvalue weighted by Gasteiger charge is -2.18. The van der Waals surface area contributed by atoms with E-state index in [0.29, 0.717) is 6.92 Å². The van der Waals surface area contributed by atoms with Crippen molar-refractivity contribution in [3.8, 4) is 0 Å². The zero-order valence-electron chi connectivity index (χ0n) is 5.91. The minimum Gasteiger partial charge on any atom is -0.331 e. The molecule has 2 unspecified atom stereocenters. The normalized spacial score (nSPS) is 18.0. The molecule has 74 valence electrons. The molecule has 0 aromatic heterocycles. The van der Waals surface area contributed by atoms with E-state index in [2.05, 4.69) is 4.74 Å². The van der Waals surface area contributed by atoms with Gasteiger partial charge < -0.3 is 4.74 Å². The first-order valence-corrected chi connectivity index (χ1v) is 2.89. The molecule has 0 aliphatic carbocycles. The van der Waals surface area contributed by atoms with Gasteiger partial charge in [-0.3, -0.25) is 0 Å². The summed E-state index contributed by atoms with van der Waals surface area (Å²) in [6.07, 6.45) is -14.1. The average Bonchev–Trinajstić information content (AvgIpc) is 1.85. The zero-order chi connectivity index (χ0) is 9.94. The molecule has 0 aliphatic rings. The monoisotopic (exact) mass is 196 g/mol. The van der Waals surface area contributed by atoms with Gasteiger partial charge in [-0.1, -0.05) is 0 Å². The van der Waals surface area contributed by atoms with Crippen LogP contribution in [0.4, 0.5) is 26.3 Å². The first kappa shape index (κ1) is 11.5.